The lowest BCUT2D eigenvalue weighted by Gasteiger charge is -2.42. The first-order chi connectivity index (χ1) is 21.5. The second-order valence-corrected chi connectivity index (χ2v) is 14.2. The molecule has 45 heavy (non-hydrogen) atoms. The van der Waals surface area contributed by atoms with Crippen molar-refractivity contribution in [3.63, 3.8) is 0 Å². The average Bonchev–Trinajstić information content (AvgIpc) is 3.76. The van der Waals surface area contributed by atoms with E-state index in [1.807, 2.05) is 23.1 Å². The van der Waals surface area contributed by atoms with Crippen molar-refractivity contribution in [2.75, 3.05) is 45.1 Å². The largest absolute Gasteiger partial charge is 0.496 e. The van der Waals surface area contributed by atoms with Crippen LogP contribution in [0.25, 0.3) is 0 Å². The first kappa shape index (κ1) is 31.5. The van der Waals surface area contributed by atoms with Gasteiger partial charge in [0, 0.05) is 43.3 Å². The molecule has 3 aliphatic rings. The molecule has 2 atom stereocenters. The number of anilines is 1. The third-order valence-electron chi connectivity index (χ3n) is 9.08. The van der Waals surface area contributed by atoms with Gasteiger partial charge in [-0.05, 0) is 92.9 Å². The van der Waals surface area contributed by atoms with Crippen molar-refractivity contribution < 1.29 is 27.1 Å². The number of carbonyl (C=O) groups is 2. The number of ether oxygens (including phenoxy) is 1. The van der Waals surface area contributed by atoms with E-state index in [2.05, 4.69) is 4.90 Å². The normalized spacial score (nSPS) is 22.2. The highest BCUT2D eigenvalue weighted by Gasteiger charge is 2.63. The number of methoxy groups -OCH3 is 1. The summed E-state index contributed by atoms with van der Waals surface area (Å²) < 4.78 is 49.1. The van der Waals surface area contributed by atoms with Gasteiger partial charge in [0.2, 0.25) is 5.91 Å². The maximum atomic E-state index is 15.2. The Morgan fingerprint density at radius 2 is 1.71 bits per heavy atom. The van der Waals surface area contributed by atoms with Crippen LogP contribution in [0.4, 0.5) is 10.1 Å². The van der Waals surface area contributed by atoms with Gasteiger partial charge < -0.3 is 9.64 Å². The van der Waals surface area contributed by atoms with Gasteiger partial charge >= 0.3 is 0 Å². The number of halogens is 2. The summed E-state index contributed by atoms with van der Waals surface area (Å²) in [5.41, 5.74) is 0.0635. The van der Waals surface area contributed by atoms with Crippen molar-refractivity contribution >= 4 is 39.1 Å². The van der Waals surface area contributed by atoms with Crippen LogP contribution in [0, 0.1) is 5.82 Å². The number of hydrogen-bond donors (Lipinski definition) is 0. The molecule has 0 spiro atoms. The van der Waals surface area contributed by atoms with Crippen molar-refractivity contribution in [2.45, 2.75) is 48.7 Å². The smallest absolute Gasteiger partial charge is 0.271 e. The molecule has 3 heterocycles. The summed E-state index contributed by atoms with van der Waals surface area (Å²) in [6.07, 6.45) is 3.36. The molecule has 0 saturated carbocycles. The van der Waals surface area contributed by atoms with Crippen molar-refractivity contribution in [1.29, 1.82) is 0 Å². The molecule has 12 heteroatoms. The maximum Gasteiger partial charge on any atom is 0.271 e. The molecule has 3 aromatic carbocycles. The SMILES string of the molecule is COc1cc(CN2CCCC2)ccc1[C@]1(N2CCCC2C(=O)N(C)C)C(=O)N(S(=O)(=O)c2ccc(F)cc2)c2ccc(Cl)cc21. The molecule has 0 radical (unpaired) electrons. The highest BCUT2D eigenvalue weighted by atomic mass is 35.5. The van der Waals surface area contributed by atoms with Gasteiger partial charge in [-0.1, -0.05) is 23.7 Å². The number of benzene rings is 3. The predicted octanol–water partition coefficient (Wildman–Crippen LogP) is 4.62. The van der Waals surface area contributed by atoms with Gasteiger partial charge in [-0.25, -0.2) is 17.1 Å². The fourth-order valence-electron chi connectivity index (χ4n) is 7.04. The van der Waals surface area contributed by atoms with E-state index in [0.717, 1.165) is 60.1 Å². The number of rotatable bonds is 8. The van der Waals surface area contributed by atoms with Crippen LogP contribution in [-0.4, -0.2) is 81.8 Å². The van der Waals surface area contributed by atoms with Gasteiger partial charge in [0.25, 0.3) is 15.9 Å². The lowest BCUT2D eigenvalue weighted by molar-refractivity contribution is -0.138. The van der Waals surface area contributed by atoms with E-state index >= 15 is 4.79 Å². The molecule has 0 aliphatic carbocycles. The number of hydrogen-bond acceptors (Lipinski definition) is 7. The van der Waals surface area contributed by atoms with Gasteiger partial charge in [-0.2, -0.15) is 0 Å². The number of sulfonamides is 1. The highest BCUT2D eigenvalue weighted by molar-refractivity contribution is 7.93. The lowest BCUT2D eigenvalue weighted by atomic mass is 9.80. The first-order valence-electron chi connectivity index (χ1n) is 15.0. The van der Waals surface area contributed by atoms with Gasteiger partial charge in [-0.15, -0.1) is 0 Å². The van der Waals surface area contributed by atoms with Crippen molar-refractivity contribution in [2.24, 2.45) is 0 Å². The fourth-order valence-corrected chi connectivity index (χ4v) is 8.68. The number of nitrogens with zero attached hydrogens (tertiary/aromatic N) is 4. The van der Waals surface area contributed by atoms with E-state index in [1.54, 1.807) is 20.2 Å². The zero-order chi connectivity index (χ0) is 32.1. The Balaban J connectivity index is 1.61. The van der Waals surface area contributed by atoms with Crippen LogP contribution < -0.4 is 9.04 Å². The van der Waals surface area contributed by atoms with Crippen molar-refractivity contribution in [3.05, 3.63) is 88.2 Å². The Hall–Kier alpha value is -3.51. The minimum Gasteiger partial charge on any atom is -0.496 e. The number of amides is 2. The number of fused-ring (bicyclic) bond motifs is 1. The predicted molar refractivity (Wildman–Crippen MR) is 169 cm³/mol. The van der Waals surface area contributed by atoms with E-state index in [9.17, 15) is 17.6 Å². The molecule has 0 N–H and O–H groups in total. The molecule has 1 unspecified atom stereocenters. The van der Waals surface area contributed by atoms with Crippen LogP contribution in [0.2, 0.25) is 5.02 Å². The Bertz CT molecular complexity index is 1750. The number of carbonyl (C=O) groups excluding carboxylic acids is 2. The van der Waals surface area contributed by atoms with Gasteiger partial charge in [0.15, 0.2) is 5.54 Å². The lowest BCUT2D eigenvalue weighted by Crippen LogP contribution is -2.59. The molecule has 3 aromatic rings. The van der Waals surface area contributed by atoms with Crippen LogP contribution in [0.5, 0.6) is 5.75 Å². The second kappa shape index (κ2) is 12.0. The van der Waals surface area contributed by atoms with Crippen LogP contribution in [0.1, 0.15) is 42.4 Å². The van der Waals surface area contributed by atoms with Crippen LogP contribution in [0.15, 0.2) is 65.6 Å². The second-order valence-electron chi connectivity index (χ2n) is 12.0. The molecule has 0 bridgehead atoms. The monoisotopic (exact) mass is 654 g/mol. The number of likely N-dealkylation sites (tertiary alicyclic amines) is 2. The molecule has 238 valence electrons. The zero-order valence-electron chi connectivity index (χ0n) is 25.5. The topological polar surface area (TPSA) is 90.5 Å². The summed E-state index contributed by atoms with van der Waals surface area (Å²) in [5.74, 6) is -1.19. The maximum absolute atomic E-state index is 15.2. The summed E-state index contributed by atoms with van der Waals surface area (Å²) >= 11 is 6.58. The summed E-state index contributed by atoms with van der Waals surface area (Å²) in [4.78, 5) is 34.3. The molecule has 9 nitrogen and oxygen atoms in total. The van der Waals surface area contributed by atoms with Crippen LogP contribution >= 0.6 is 11.6 Å². The Labute approximate surface area is 268 Å². The summed E-state index contributed by atoms with van der Waals surface area (Å²) in [6, 6.07) is 13.9. The summed E-state index contributed by atoms with van der Waals surface area (Å²) in [6.45, 7) is 3.04. The Kier molecular flexibility index (Phi) is 8.40. The quantitative estimate of drug-likeness (QED) is 0.350. The molecule has 2 fully saturated rings. The Morgan fingerprint density at radius 1 is 1.00 bits per heavy atom. The molecule has 0 aromatic heterocycles. The van der Waals surface area contributed by atoms with E-state index < -0.39 is 33.3 Å². The molecule has 6 rings (SSSR count). The van der Waals surface area contributed by atoms with Gasteiger partial charge in [-0.3, -0.25) is 19.4 Å². The van der Waals surface area contributed by atoms with Crippen molar-refractivity contribution in [3.8, 4) is 5.75 Å². The molecule has 2 saturated heterocycles. The summed E-state index contributed by atoms with van der Waals surface area (Å²) in [5, 5.41) is 0.297. The van der Waals surface area contributed by atoms with E-state index in [1.165, 1.54) is 24.1 Å². The van der Waals surface area contributed by atoms with E-state index in [0.29, 0.717) is 47.8 Å². The molecule has 2 amide bonds. The van der Waals surface area contributed by atoms with Crippen LogP contribution in [-0.2, 0) is 31.7 Å². The molecular formula is C33H36ClFN4O5S. The minimum atomic E-state index is -4.53. The van der Waals surface area contributed by atoms with E-state index in [4.69, 9.17) is 16.3 Å². The third kappa shape index (κ3) is 5.19. The zero-order valence-corrected chi connectivity index (χ0v) is 27.1. The minimum absolute atomic E-state index is 0.111. The fraction of sp³-hybridized carbons (Fsp3) is 0.394. The van der Waals surface area contributed by atoms with Crippen molar-refractivity contribution in [1.82, 2.24) is 14.7 Å². The Morgan fingerprint density at radius 3 is 2.38 bits per heavy atom. The summed E-state index contributed by atoms with van der Waals surface area (Å²) in [7, 11) is 0.302. The highest BCUT2D eigenvalue weighted by Crippen LogP contribution is 2.55. The van der Waals surface area contributed by atoms with E-state index in [-0.39, 0.29) is 16.5 Å². The molecule has 3 aliphatic heterocycles. The molecular weight excluding hydrogens is 619 g/mol. The third-order valence-corrected chi connectivity index (χ3v) is 11.0. The number of likely N-dealkylation sites (N-methyl/N-ethyl adjacent to an activating group) is 1. The standard InChI is InChI=1S/C33H36ClFN4O5S/c1-36(2)31(40)29-7-6-18-38(29)33(26-14-8-22(19-30(26)44-3)21-37-16-4-5-17-37)27-20-23(34)9-15-28(27)39(32(33)41)45(42,43)25-12-10-24(35)11-13-25/h8-15,19-20,29H,4-7,16-18,21H2,1-3H3/t29?,33-/m1/s1. The van der Waals surface area contributed by atoms with Gasteiger partial charge in [0.05, 0.1) is 23.7 Å². The average molecular weight is 655 g/mol. The van der Waals surface area contributed by atoms with Crippen LogP contribution in [0.3, 0.4) is 0 Å². The van der Waals surface area contributed by atoms with Gasteiger partial charge in [0.1, 0.15) is 11.6 Å². The first-order valence-corrected chi connectivity index (χ1v) is 16.8.